The Balaban J connectivity index is 1.58. The number of nitrogens with one attached hydrogen (secondary N) is 2. The quantitative estimate of drug-likeness (QED) is 0.492. The average molecular weight is 357 g/mol. The number of H-pyrrole nitrogens is 1. The number of pyridine rings is 1. The van der Waals surface area contributed by atoms with E-state index in [0.29, 0.717) is 5.82 Å². The first kappa shape index (κ1) is 15.4. The third kappa shape index (κ3) is 2.56. The number of anilines is 2. The fourth-order valence-electron chi connectivity index (χ4n) is 3.19. The molecule has 0 fully saturated rings. The Hall–Kier alpha value is -3.87. The summed E-state index contributed by atoms with van der Waals surface area (Å²) in [5, 5.41) is 12.5. The van der Waals surface area contributed by atoms with Crippen LogP contribution in [0.4, 0.5) is 11.5 Å². The maximum absolute atomic E-state index is 5.50. The molecule has 0 saturated carbocycles. The van der Waals surface area contributed by atoms with Crippen molar-refractivity contribution >= 4 is 33.3 Å². The number of aromatic amines is 1. The van der Waals surface area contributed by atoms with Gasteiger partial charge in [-0.25, -0.2) is 9.97 Å². The molecular weight excluding hydrogens is 342 g/mol. The molecule has 0 aliphatic carbocycles. The van der Waals surface area contributed by atoms with Gasteiger partial charge in [0, 0.05) is 16.6 Å². The van der Waals surface area contributed by atoms with Gasteiger partial charge in [0.1, 0.15) is 11.3 Å². The van der Waals surface area contributed by atoms with Crippen molar-refractivity contribution in [1.29, 1.82) is 0 Å². The van der Waals surface area contributed by atoms with Crippen LogP contribution in [0.15, 0.2) is 65.7 Å². The molecule has 7 heteroatoms. The molecular formula is C20H15N5O2. The second-order valence-electron chi connectivity index (χ2n) is 6.04. The highest BCUT2D eigenvalue weighted by molar-refractivity contribution is 6.11. The van der Waals surface area contributed by atoms with E-state index in [2.05, 4.69) is 20.5 Å². The smallest absolute Gasteiger partial charge is 0.181 e. The van der Waals surface area contributed by atoms with Gasteiger partial charge in [0.2, 0.25) is 0 Å². The lowest BCUT2D eigenvalue weighted by Gasteiger charge is -2.11. The van der Waals surface area contributed by atoms with Crippen LogP contribution in [0.3, 0.4) is 0 Å². The maximum atomic E-state index is 5.50. The first-order chi connectivity index (χ1) is 13.3. The normalized spacial score (nSPS) is 11.1. The lowest BCUT2D eigenvalue weighted by Crippen LogP contribution is -1.97. The molecule has 0 aliphatic heterocycles. The van der Waals surface area contributed by atoms with Crippen molar-refractivity contribution in [3.63, 3.8) is 0 Å². The summed E-state index contributed by atoms with van der Waals surface area (Å²) < 4.78 is 10.8. The Morgan fingerprint density at radius 2 is 1.96 bits per heavy atom. The van der Waals surface area contributed by atoms with Gasteiger partial charge in [-0.15, -0.1) is 0 Å². The summed E-state index contributed by atoms with van der Waals surface area (Å²) in [7, 11) is 1.66. The number of hydrogen-bond donors (Lipinski definition) is 2. The van der Waals surface area contributed by atoms with Crippen LogP contribution in [0.5, 0.6) is 5.75 Å². The highest BCUT2D eigenvalue weighted by Gasteiger charge is 2.14. The molecule has 3 aromatic heterocycles. The van der Waals surface area contributed by atoms with Crippen molar-refractivity contribution in [2.24, 2.45) is 0 Å². The van der Waals surface area contributed by atoms with Gasteiger partial charge < -0.3 is 14.5 Å². The van der Waals surface area contributed by atoms with Gasteiger partial charge in [0.15, 0.2) is 18.0 Å². The van der Waals surface area contributed by atoms with Crippen LogP contribution >= 0.6 is 0 Å². The Morgan fingerprint density at radius 1 is 1.07 bits per heavy atom. The molecule has 7 nitrogen and oxygen atoms in total. The van der Waals surface area contributed by atoms with E-state index in [1.165, 1.54) is 6.39 Å². The van der Waals surface area contributed by atoms with Gasteiger partial charge in [-0.2, -0.15) is 5.10 Å². The molecule has 5 rings (SSSR count). The number of rotatable bonds is 4. The van der Waals surface area contributed by atoms with Gasteiger partial charge in [0.25, 0.3) is 0 Å². The van der Waals surface area contributed by atoms with Crippen molar-refractivity contribution in [3.05, 3.63) is 61.3 Å². The molecule has 0 atom stereocenters. The second kappa shape index (κ2) is 6.14. The zero-order valence-electron chi connectivity index (χ0n) is 14.4. The fraction of sp³-hybridized carbons (Fsp3) is 0.0500. The summed E-state index contributed by atoms with van der Waals surface area (Å²) in [4.78, 5) is 8.71. The third-order valence-corrected chi connectivity index (χ3v) is 4.47. The Labute approximate surface area is 154 Å². The number of oxazole rings is 1. The Kier molecular flexibility index (Phi) is 3.50. The highest BCUT2D eigenvalue weighted by atomic mass is 16.5. The Bertz CT molecular complexity index is 1230. The molecule has 0 saturated heterocycles. The summed E-state index contributed by atoms with van der Waals surface area (Å²) in [6, 6.07) is 13.7. The van der Waals surface area contributed by atoms with E-state index in [0.717, 1.165) is 44.6 Å². The maximum Gasteiger partial charge on any atom is 0.181 e. The SMILES string of the molecule is COc1cccc2nc(Nc3ccc(-c4cnco4)cc3)c3[nH]ncc3c12. The average Bonchev–Trinajstić information content (AvgIpc) is 3.40. The van der Waals surface area contributed by atoms with E-state index < -0.39 is 0 Å². The largest absolute Gasteiger partial charge is 0.496 e. The second-order valence-corrected chi connectivity index (χ2v) is 6.04. The van der Waals surface area contributed by atoms with Gasteiger partial charge >= 0.3 is 0 Å². The molecule has 0 bridgehead atoms. The molecule has 132 valence electrons. The zero-order chi connectivity index (χ0) is 18.2. The first-order valence-electron chi connectivity index (χ1n) is 8.39. The summed E-state index contributed by atoms with van der Waals surface area (Å²) in [5.74, 6) is 2.21. The van der Waals surface area contributed by atoms with E-state index >= 15 is 0 Å². The van der Waals surface area contributed by atoms with Gasteiger partial charge in [-0.05, 0) is 36.4 Å². The lowest BCUT2D eigenvalue weighted by molar-refractivity contribution is 0.420. The molecule has 0 amide bonds. The van der Waals surface area contributed by atoms with Crippen molar-refractivity contribution in [1.82, 2.24) is 20.2 Å². The number of fused-ring (bicyclic) bond motifs is 3. The van der Waals surface area contributed by atoms with Crippen LogP contribution in [0.1, 0.15) is 0 Å². The van der Waals surface area contributed by atoms with E-state index in [9.17, 15) is 0 Å². The minimum absolute atomic E-state index is 0.704. The number of nitrogens with zero attached hydrogens (tertiary/aromatic N) is 3. The van der Waals surface area contributed by atoms with Crippen molar-refractivity contribution < 1.29 is 9.15 Å². The van der Waals surface area contributed by atoms with Crippen LogP contribution in [-0.4, -0.2) is 27.3 Å². The summed E-state index contributed by atoms with van der Waals surface area (Å²) in [6.07, 6.45) is 4.90. The molecule has 0 aliphatic rings. The third-order valence-electron chi connectivity index (χ3n) is 4.47. The van der Waals surface area contributed by atoms with Gasteiger partial charge in [0.05, 0.1) is 30.4 Å². The van der Waals surface area contributed by atoms with Crippen LogP contribution in [0.25, 0.3) is 33.1 Å². The standard InChI is InChI=1S/C20H15N5O2/c1-26-16-4-2-3-15-18(16)14-9-22-25-19(14)20(24-15)23-13-7-5-12(6-8-13)17-10-21-11-27-17/h2-11H,1H3,(H,22,25)(H,23,24). The Morgan fingerprint density at radius 3 is 2.74 bits per heavy atom. The molecule has 0 unspecified atom stereocenters. The highest BCUT2D eigenvalue weighted by Crippen LogP contribution is 2.35. The molecule has 0 radical (unpaired) electrons. The molecule has 2 N–H and O–H groups in total. The van der Waals surface area contributed by atoms with Gasteiger partial charge in [-0.3, -0.25) is 5.10 Å². The summed E-state index contributed by atoms with van der Waals surface area (Å²) in [6.45, 7) is 0. The first-order valence-corrected chi connectivity index (χ1v) is 8.39. The number of aromatic nitrogens is 4. The monoisotopic (exact) mass is 357 g/mol. The lowest BCUT2D eigenvalue weighted by atomic mass is 10.1. The number of hydrogen-bond acceptors (Lipinski definition) is 6. The molecule has 0 spiro atoms. The molecule has 3 heterocycles. The molecule has 2 aromatic carbocycles. The summed E-state index contributed by atoms with van der Waals surface area (Å²) >= 11 is 0. The fourth-order valence-corrected chi connectivity index (χ4v) is 3.19. The van der Waals surface area contributed by atoms with Crippen LogP contribution in [-0.2, 0) is 0 Å². The van der Waals surface area contributed by atoms with E-state index in [1.807, 2.05) is 42.5 Å². The van der Waals surface area contributed by atoms with Crippen LogP contribution in [0.2, 0.25) is 0 Å². The zero-order valence-corrected chi connectivity index (χ0v) is 14.4. The minimum Gasteiger partial charge on any atom is -0.496 e. The summed E-state index contributed by atoms with van der Waals surface area (Å²) in [5.41, 5.74) is 3.53. The number of ether oxygens (including phenoxy) is 1. The van der Waals surface area contributed by atoms with Crippen molar-refractivity contribution in [3.8, 4) is 17.1 Å². The van der Waals surface area contributed by atoms with E-state index in [-0.39, 0.29) is 0 Å². The van der Waals surface area contributed by atoms with Crippen molar-refractivity contribution in [2.75, 3.05) is 12.4 Å². The topological polar surface area (TPSA) is 88.9 Å². The van der Waals surface area contributed by atoms with E-state index in [4.69, 9.17) is 14.1 Å². The predicted octanol–water partition coefficient (Wildman–Crippen LogP) is 4.52. The molecule has 27 heavy (non-hydrogen) atoms. The molecule has 5 aromatic rings. The van der Waals surface area contributed by atoms with Crippen LogP contribution < -0.4 is 10.1 Å². The van der Waals surface area contributed by atoms with E-state index in [1.54, 1.807) is 19.5 Å². The predicted molar refractivity (Wildman–Crippen MR) is 103 cm³/mol. The van der Waals surface area contributed by atoms with Gasteiger partial charge in [-0.1, -0.05) is 6.07 Å². The van der Waals surface area contributed by atoms with Crippen molar-refractivity contribution in [2.45, 2.75) is 0 Å². The number of benzene rings is 2. The van der Waals surface area contributed by atoms with Crippen LogP contribution in [0, 0.1) is 0 Å². The minimum atomic E-state index is 0.704. The number of methoxy groups -OCH3 is 1.